The van der Waals surface area contributed by atoms with Crippen molar-refractivity contribution in [2.45, 2.75) is 23.5 Å². The number of benzene rings is 2. The van der Waals surface area contributed by atoms with Crippen LogP contribution >= 0.6 is 23.4 Å². The Morgan fingerprint density at radius 1 is 1.08 bits per heavy atom. The molecule has 3 aromatic rings. The van der Waals surface area contributed by atoms with Crippen molar-refractivity contribution in [1.29, 1.82) is 0 Å². The highest BCUT2D eigenvalue weighted by Crippen LogP contribution is 2.44. The van der Waals surface area contributed by atoms with Crippen LogP contribution in [0.25, 0.3) is 11.3 Å². The molecule has 0 radical (unpaired) electrons. The smallest absolute Gasteiger partial charge is 0.353 e. The van der Waals surface area contributed by atoms with Gasteiger partial charge in [0.15, 0.2) is 0 Å². The van der Waals surface area contributed by atoms with Crippen LogP contribution in [-0.2, 0) is 18.6 Å². The number of phenols is 1. The van der Waals surface area contributed by atoms with E-state index in [9.17, 15) is 15.0 Å². The summed E-state index contributed by atoms with van der Waals surface area (Å²) in [4.78, 5) is 12.7. The van der Waals surface area contributed by atoms with Gasteiger partial charge in [0, 0.05) is 27.5 Å². The van der Waals surface area contributed by atoms with E-state index in [0.717, 1.165) is 5.56 Å². The Hall–Kier alpha value is -2.37. The van der Waals surface area contributed by atoms with Crippen molar-refractivity contribution >= 4 is 23.4 Å². The van der Waals surface area contributed by atoms with Gasteiger partial charge in [-0.05, 0) is 30.5 Å². The Bertz CT molecular complexity index is 1040. The molecule has 1 aromatic heterocycles. The average Bonchev–Trinajstić information content (AvgIpc) is 2.62. The number of hydrogen-bond donors (Lipinski definition) is 2. The van der Waals surface area contributed by atoms with Crippen molar-refractivity contribution in [3.63, 3.8) is 0 Å². The normalized spacial score (nSPS) is 12.5. The molecule has 0 spiro atoms. The zero-order valence-corrected chi connectivity index (χ0v) is 15.2. The molecule has 0 unspecified atom stereocenters. The summed E-state index contributed by atoms with van der Waals surface area (Å²) in [6.07, 6.45) is 1.02. The third-order valence-electron chi connectivity index (χ3n) is 4.44. The molecule has 1 aliphatic rings. The molecule has 4 nitrogen and oxygen atoms in total. The van der Waals surface area contributed by atoms with Crippen molar-refractivity contribution in [2.24, 2.45) is 0 Å². The molecular formula is C20H15ClO4S. The van der Waals surface area contributed by atoms with Crippen LogP contribution in [0.1, 0.15) is 16.7 Å². The Kier molecular flexibility index (Phi) is 4.42. The molecule has 2 aromatic carbocycles. The number of hydrogen-bond acceptors (Lipinski definition) is 5. The first kappa shape index (κ1) is 17.1. The van der Waals surface area contributed by atoms with E-state index in [2.05, 4.69) is 0 Å². The van der Waals surface area contributed by atoms with Gasteiger partial charge in [0.2, 0.25) is 0 Å². The van der Waals surface area contributed by atoms with Gasteiger partial charge in [-0.1, -0.05) is 41.9 Å². The second-order valence-corrected chi connectivity index (χ2v) is 7.52. The van der Waals surface area contributed by atoms with Gasteiger partial charge in [-0.25, -0.2) is 4.79 Å². The van der Waals surface area contributed by atoms with E-state index in [1.165, 1.54) is 17.8 Å². The van der Waals surface area contributed by atoms with E-state index in [0.29, 0.717) is 40.3 Å². The maximum absolute atomic E-state index is 12.5. The summed E-state index contributed by atoms with van der Waals surface area (Å²) in [5.41, 5.74) is 2.28. The SMILES string of the molecule is O=c1oc2c(c(O)c1SCc1ccccc1)CCc1c(O)cc(Cl)cc1-2. The van der Waals surface area contributed by atoms with Crippen molar-refractivity contribution in [1.82, 2.24) is 0 Å². The number of thioether (sulfide) groups is 1. The predicted molar refractivity (Wildman–Crippen MR) is 102 cm³/mol. The molecule has 26 heavy (non-hydrogen) atoms. The second-order valence-electron chi connectivity index (χ2n) is 6.10. The van der Waals surface area contributed by atoms with Crippen LogP contribution in [0, 0.1) is 0 Å². The maximum Gasteiger partial charge on any atom is 0.353 e. The maximum atomic E-state index is 12.5. The first-order chi connectivity index (χ1) is 12.5. The van der Waals surface area contributed by atoms with Crippen molar-refractivity contribution in [3.05, 3.63) is 74.6 Å². The quantitative estimate of drug-likeness (QED) is 0.635. The summed E-state index contributed by atoms with van der Waals surface area (Å²) in [5.74, 6) is 0.877. The number of halogens is 1. The van der Waals surface area contributed by atoms with Crippen LogP contribution in [-0.4, -0.2) is 10.2 Å². The summed E-state index contributed by atoms with van der Waals surface area (Å²) in [5, 5.41) is 21.1. The van der Waals surface area contributed by atoms with Gasteiger partial charge in [0.1, 0.15) is 22.2 Å². The molecule has 1 aliphatic carbocycles. The van der Waals surface area contributed by atoms with E-state index in [1.54, 1.807) is 6.07 Å². The van der Waals surface area contributed by atoms with Gasteiger partial charge in [-0.15, -0.1) is 11.8 Å². The fourth-order valence-corrected chi connectivity index (χ4v) is 4.32. The number of rotatable bonds is 3. The monoisotopic (exact) mass is 386 g/mol. The van der Waals surface area contributed by atoms with E-state index in [-0.39, 0.29) is 22.2 Å². The lowest BCUT2D eigenvalue weighted by Gasteiger charge is -2.21. The Morgan fingerprint density at radius 2 is 1.81 bits per heavy atom. The molecule has 132 valence electrons. The molecule has 1 heterocycles. The van der Waals surface area contributed by atoms with Crippen LogP contribution in [0.2, 0.25) is 5.02 Å². The van der Waals surface area contributed by atoms with Crippen LogP contribution in [0.4, 0.5) is 0 Å². The molecule has 0 aliphatic heterocycles. The first-order valence-corrected chi connectivity index (χ1v) is 9.48. The Labute approximate surface area is 159 Å². The van der Waals surface area contributed by atoms with Gasteiger partial charge < -0.3 is 14.6 Å². The molecule has 0 bridgehead atoms. The topological polar surface area (TPSA) is 70.7 Å². The van der Waals surface area contributed by atoms with Gasteiger partial charge in [0.25, 0.3) is 0 Å². The molecule has 0 atom stereocenters. The van der Waals surface area contributed by atoms with E-state index >= 15 is 0 Å². The summed E-state index contributed by atoms with van der Waals surface area (Å²) in [7, 11) is 0. The predicted octanol–water partition coefficient (Wildman–Crippen LogP) is 4.76. The number of aromatic hydroxyl groups is 2. The molecular weight excluding hydrogens is 372 g/mol. The van der Waals surface area contributed by atoms with E-state index in [4.69, 9.17) is 16.0 Å². The van der Waals surface area contributed by atoms with Crippen LogP contribution in [0.15, 0.2) is 56.6 Å². The van der Waals surface area contributed by atoms with Gasteiger partial charge in [-0.2, -0.15) is 0 Å². The average molecular weight is 387 g/mol. The number of phenolic OH excluding ortho intramolecular Hbond substituents is 1. The molecule has 0 saturated carbocycles. The van der Waals surface area contributed by atoms with Crippen molar-refractivity contribution < 1.29 is 14.6 Å². The largest absolute Gasteiger partial charge is 0.508 e. The highest BCUT2D eigenvalue weighted by atomic mass is 35.5. The minimum Gasteiger partial charge on any atom is -0.508 e. The minimum atomic E-state index is -0.588. The fourth-order valence-electron chi connectivity index (χ4n) is 3.19. The van der Waals surface area contributed by atoms with Crippen LogP contribution < -0.4 is 5.63 Å². The summed E-state index contributed by atoms with van der Waals surface area (Å²) in [6.45, 7) is 0. The third kappa shape index (κ3) is 2.97. The highest BCUT2D eigenvalue weighted by molar-refractivity contribution is 7.98. The molecule has 6 heteroatoms. The van der Waals surface area contributed by atoms with Gasteiger partial charge in [-0.3, -0.25) is 0 Å². The lowest BCUT2D eigenvalue weighted by atomic mass is 9.89. The molecule has 4 rings (SSSR count). The second kappa shape index (κ2) is 6.74. The van der Waals surface area contributed by atoms with E-state index in [1.807, 2.05) is 30.3 Å². The zero-order valence-electron chi connectivity index (χ0n) is 13.7. The van der Waals surface area contributed by atoms with Crippen LogP contribution in [0.3, 0.4) is 0 Å². The lowest BCUT2D eigenvalue weighted by Crippen LogP contribution is -2.12. The summed E-state index contributed by atoms with van der Waals surface area (Å²) >= 11 is 7.29. The standard InChI is InChI=1S/C20H15ClO4S/c21-12-8-15-13(16(22)9-12)6-7-14-17(23)19(20(24)25-18(14)15)26-10-11-4-2-1-3-5-11/h1-5,8-9,22-23H,6-7,10H2. The lowest BCUT2D eigenvalue weighted by molar-refractivity contribution is 0.416. The molecule has 0 amide bonds. The molecule has 0 fully saturated rings. The number of fused-ring (bicyclic) bond motifs is 3. The summed E-state index contributed by atoms with van der Waals surface area (Å²) in [6, 6.07) is 12.8. The summed E-state index contributed by atoms with van der Waals surface area (Å²) < 4.78 is 5.53. The van der Waals surface area contributed by atoms with Gasteiger partial charge in [0.05, 0.1) is 0 Å². The molecule has 0 saturated heterocycles. The third-order valence-corrected chi connectivity index (χ3v) is 5.79. The molecule has 2 N–H and O–H groups in total. The van der Waals surface area contributed by atoms with Crippen LogP contribution in [0.5, 0.6) is 11.5 Å². The Balaban J connectivity index is 1.76. The highest BCUT2D eigenvalue weighted by Gasteiger charge is 2.27. The van der Waals surface area contributed by atoms with Crippen molar-refractivity contribution in [3.8, 4) is 22.8 Å². The van der Waals surface area contributed by atoms with Crippen molar-refractivity contribution in [2.75, 3.05) is 0 Å². The zero-order chi connectivity index (χ0) is 18.3. The van der Waals surface area contributed by atoms with E-state index < -0.39 is 5.63 Å². The fraction of sp³-hybridized carbons (Fsp3) is 0.150. The van der Waals surface area contributed by atoms with Gasteiger partial charge >= 0.3 is 5.63 Å². The first-order valence-electron chi connectivity index (χ1n) is 8.12. The Morgan fingerprint density at radius 3 is 2.58 bits per heavy atom. The minimum absolute atomic E-state index is 0.0395.